The van der Waals surface area contributed by atoms with Crippen molar-refractivity contribution in [1.29, 1.82) is 0 Å². The number of fused-ring (bicyclic) bond motifs is 14. The molecule has 12 aromatic rings. The minimum atomic E-state index is -0.00871. The monoisotopic (exact) mass is 981 g/mol. The predicted octanol–water partition coefficient (Wildman–Crippen LogP) is 14.6. The van der Waals surface area contributed by atoms with Gasteiger partial charge in [-0.05, 0) is 70.6 Å². The Balaban J connectivity index is 0.000000163. The van der Waals surface area contributed by atoms with E-state index in [1.165, 1.54) is 72.4 Å². The topological polar surface area (TPSA) is 60.2 Å². The Morgan fingerprint density at radius 1 is 0.365 bits per heavy atom. The SMILES string of the molecule is C.CC(=O)N1c2ccccc2-c2c(n(-c3ccccc3)c3c(-c4ccccc4)cccc23)-c2ccccc21.[K+].[OH-].c1ccc(-c2cccc3c4c(n(-c5ccccc5)c23)-c2ccccc2Cc2ccccc2-4)cc1. The van der Waals surface area contributed by atoms with Crippen molar-refractivity contribution in [3.05, 3.63) is 266 Å². The van der Waals surface area contributed by atoms with Crippen LogP contribution >= 0.6 is 0 Å². The molecule has 5 nitrogen and oxygen atoms in total. The van der Waals surface area contributed by atoms with Crippen LogP contribution in [0.4, 0.5) is 11.4 Å². The number of benzene rings is 10. The van der Waals surface area contributed by atoms with Crippen molar-refractivity contribution < 1.29 is 61.7 Å². The second-order valence-corrected chi connectivity index (χ2v) is 18.3. The smallest absolute Gasteiger partial charge is 0.870 e. The van der Waals surface area contributed by atoms with Gasteiger partial charge in [0.2, 0.25) is 5.91 Å². The summed E-state index contributed by atoms with van der Waals surface area (Å²) in [4.78, 5) is 15.0. The molecule has 1 amide bonds. The van der Waals surface area contributed by atoms with Crippen LogP contribution in [0, 0.1) is 0 Å². The Morgan fingerprint density at radius 3 is 1.22 bits per heavy atom. The zero-order valence-corrected chi connectivity index (χ0v) is 43.8. The van der Waals surface area contributed by atoms with Crippen LogP contribution in [0.2, 0.25) is 0 Å². The number of carbonyl (C=O) groups is 1. The number of amides is 1. The molecule has 6 heteroatoms. The van der Waals surface area contributed by atoms with Crippen LogP contribution in [0.15, 0.2) is 255 Å². The molecule has 74 heavy (non-hydrogen) atoms. The standard InChI is InChI=1S/C34H24N2O.C33H23N.CH4.K.H2O/c1-23(37)35-30-21-10-8-17-27(30)32-29-20-12-19-26(24-13-4-2-5-14-24)33(29)36(25-15-6-3-7-16-25)34(32)28-18-9-11-22-31(28)35;1-3-12-23(13-4-1)28-20-11-21-30-31-27-18-9-7-14-24(27)22-25-15-8-10-19-29(25)33(31)34(32(28)30)26-16-5-2-6-17-26;;;/h2-22H,1H3;1-21H,22H2;1H4;;1H2/q;;;+1;/p-1. The third-order valence-corrected chi connectivity index (χ3v) is 14.2. The summed E-state index contributed by atoms with van der Waals surface area (Å²) in [6.07, 6.45) is 0.940. The Bertz CT molecular complexity index is 3990. The fourth-order valence-electron chi connectivity index (χ4n) is 11.3. The molecule has 0 bridgehead atoms. The summed E-state index contributed by atoms with van der Waals surface area (Å²) in [6, 6.07) is 90.3. The van der Waals surface area contributed by atoms with Gasteiger partial charge in [-0.2, -0.15) is 0 Å². The average molecular weight is 982 g/mol. The van der Waals surface area contributed by atoms with Crippen molar-refractivity contribution in [1.82, 2.24) is 9.13 Å². The van der Waals surface area contributed by atoms with Crippen LogP contribution < -0.4 is 56.3 Å². The first kappa shape index (κ1) is 49.9. The van der Waals surface area contributed by atoms with Gasteiger partial charge in [-0.1, -0.05) is 226 Å². The maximum absolute atomic E-state index is 13.1. The van der Waals surface area contributed by atoms with Crippen molar-refractivity contribution in [2.45, 2.75) is 20.8 Å². The van der Waals surface area contributed by atoms with Crippen LogP contribution in [-0.2, 0) is 11.2 Å². The molecular weight excluding hydrogens is 930 g/mol. The Morgan fingerprint density at radius 2 is 0.716 bits per heavy atom. The largest absolute Gasteiger partial charge is 1.00 e. The summed E-state index contributed by atoms with van der Waals surface area (Å²) in [5, 5.41) is 2.46. The maximum Gasteiger partial charge on any atom is 1.00 e. The van der Waals surface area contributed by atoms with Crippen LogP contribution in [0.1, 0.15) is 25.5 Å². The number of anilines is 2. The van der Waals surface area contributed by atoms with Crippen molar-refractivity contribution in [2.75, 3.05) is 4.90 Å². The summed E-state index contributed by atoms with van der Waals surface area (Å²) < 4.78 is 4.88. The Hall–Kier alpha value is -7.65. The minimum Gasteiger partial charge on any atom is -0.870 e. The molecule has 1 aliphatic carbocycles. The van der Waals surface area contributed by atoms with Crippen molar-refractivity contribution in [3.63, 3.8) is 0 Å². The second-order valence-electron chi connectivity index (χ2n) is 18.3. The summed E-state index contributed by atoms with van der Waals surface area (Å²) in [6.45, 7) is 1.64. The Labute approximate surface area is 475 Å². The van der Waals surface area contributed by atoms with Gasteiger partial charge in [0.05, 0.1) is 33.8 Å². The van der Waals surface area contributed by atoms with E-state index in [0.717, 1.165) is 56.8 Å². The molecule has 0 radical (unpaired) electrons. The molecule has 2 aromatic heterocycles. The van der Waals surface area contributed by atoms with Crippen molar-refractivity contribution >= 4 is 39.1 Å². The number of rotatable bonds is 4. The normalized spacial score (nSPS) is 11.5. The van der Waals surface area contributed by atoms with Gasteiger partial charge < -0.3 is 14.6 Å². The third kappa shape index (κ3) is 8.30. The first-order chi connectivity index (χ1) is 35.1. The van der Waals surface area contributed by atoms with E-state index < -0.39 is 0 Å². The summed E-state index contributed by atoms with van der Waals surface area (Å²) >= 11 is 0. The zero-order chi connectivity index (χ0) is 47.4. The molecule has 0 unspecified atom stereocenters. The first-order valence-electron chi connectivity index (χ1n) is 24.4. The van der Waals surface area contributed by atoms with E-state index in [1.54, 1.807) is 6.92 Å². The van der Waals surface area contributed by atoms with E-state index in [-0.39, 0.29) is 70.2 Å². The van der Waals surface area contributed by atoms with Gasteiger partial charge in [0.1, 0.15) is 0 Å². The molecule has 0 saturated carbocycles. The van der Waals surface area contributed by atoms with Gasteiger partial charge in [-0.3, -0.25) is 9.69 Å². The van der Waals surface area contributed by atoms with E-state index >= 15 is 0 Å². The fourth-order valence-corrected chi connectivity index (χ4v) is 11.3. The number of para-hydroxylation sites is 6. The molecule has 10 aromatic carbocycles. The predicted molar refractivity (Wildman–Crippen MR) is 303 cm³/mol. The average Bonchev–Trinajstić information content (AvgIpc) is 3.88. The van der Waals surface area contributed by atoms with Crippen LogP contribution in [0.3, 0.4) is 0 Å². The van der Waals surface area contributed by atoms with E-state index in [0.29, 0.717) is 0 Å². The molecule has 14 rings (SSSR count). The zero-order valence-electron chi connectivity index (χ0n) is 40.7. The molecule has 0 atom stereocenters. The van der Waals surface area contributed by atoms with E-state index in [4.69, 9.17) is 0 Å². The number of hydrogen-bond donors (Lipinski definition) is 0. The fraction of sp³-hybridized carbons (Fsp3) is 0.0441. The van der Waals surface area contributed by atoms with Gasteiger partial charge in [-0.15, -0.1) is 0 Å². The van der Waals surface area contributed by atoms with Gasteiger partial charge in [-0.25, -0.2) is 0 Å². The number of carbonyl (C=O) groups excluding carboxylic acids is 1. The summed E-state index contributed by atoms with van der Waals surface area (Å²) in [7, 11) is 0. The van der Waals surface area contributed by atoms with Crippen LogP contribution in [-0.4, -0.2) is 20.5 Å². The molecular formula is C68H52KN3O2. The number of nitrogens with zero attached hydrogens (tertiary/aromatic N) is 3. The van der Waals surface area contributed by atoms with E-state index in [2.05, 4.69) is 240 Å². The van der Waals surface area contributed by atoms with Gasteiger partial charge >= 0.3 is 51.4 Å². The maximum atomic E-state index is 13.1. The third-order valence-electron chi connectivity index (χ3n) is 14.2. The molecule has 1 N–H and O–H groups in total. The summed E-state index contributed by atoms with van der Waals surface area (Å²) in [5.41, 5.74) is 23.6. The molecule has 352 valence electrons. The van der Waals surface area contributed by atoms with E-state index in [9.17, 15) is 4.79 Å². The molecule has 0 saturated heterocycles. The second kappa shape index (κ2) is 21.1. The molecule has 0 fully saturated rings. The summed E-state index contributed by atoms with van der Waals surface area (Å²) in [5.74, 6) is -0.00871. The van der Waals surface area contributed by atoms with Crippen LogP contribution in [0.25, 0.3) is 100 Å². The number of hydrogen-bond acceptors (Lipinski definition) is 2. The molecule has 1 aliphatic heterocycles. The number of aromatic nitrogens is 2. The molecule has 2 aliphatic rings. The van der Waals surface area contributed by atoms with Gasteiger partial charge in [0, 0.05) is 68.0 Å². The van der Waals surface area contributed by atoms with E-state index in [1.807, 2.05) is 29.2 Å². The van der Waals surface area contributed by atoms with Gasteiger partial charge in [0.25, 0.3) is 0 Å². The molecule has 0 spiro atoms. The molecule has 3 heterocycles. The van der Waals surface area contributed by atoms with Crippen molar-refractivity contribution in [3.8, 4) is 78.4 Å². The quantitative estimate of drug-likeness (QED) is 0.165. The minimum absolute atomic E-state index is 0. The first-order valence-corrected chi connectivity index (χ1v) is 24.4. The van der Waals surface area contributed by atoms with Crippen molar-refractivity contribution in [2.24, 2.45) is 0 Å². The van der Waals surface area contributed by atoms with Gasteiger partial charge in [0.15, 0.2) is 0 Å². The van der Waals surface area contributed by atoms with Crippen LogP contribution in [0.5, 0.6) is 0 Å². The Kier molecular flexibility index (Phi) is 14.2.